The highest BCUT2D eigenvalue weighted by Crippen LogP contribution is 2.30. The minimum Gasteiger partial charge on any atom is -0.444 e. The number of ether oxygens (including phenoxy) is 1. The first-order chi connectivity index (χ1) is 20.7. The monoisotopic (exact) mass is 586 g/mol. The van der Waals surface area contributed by atoms with Gasteiger partial charge in [-0.15, -0.1) is 0 Å². The molecule has 0 bridgehead atoms. The normalized spacial score (nSPS) is 13.5. The van der Waals surface area contributed by atoms with Crippen LogP contribution in [0.25, 0.3) is 22.6 Å². The number of pyridine rings is 1. The fourth-order valence-corrected chi connectivity index (χ4v) is 4.54. The number of benzene rings is 1. The summed E-state index contributed by atoms with van der Waals surface area (Å²) < 4.78 is 5.51. The number of H-pyrrole nitrogens is 1. The fourth-order valence-electron chi connectivity index (χ4n) is 4.54. The van der Waals surface area contributed by atoms with E-state index < -0.39 is 10.5 Å². The van der Waals surface area contributed by atoms with Crippen LogP contribution in [-0.4, -0.2) is 85.7 Å². The van der Waals surface area contributed by atoms with Crippen molar-refractivity contribution in [2.75, 3.05) is 54.8 Å². The molecule has 1 aliphatic rings. The van der Waals surface area contributed by atoms with Gasteiger partial charge in [-0.05, 0) is 39.0 Å². The minimum absolute atomic E-state index is 0.0601. The number of aromatic amines is 1. The standard InChI is InChI=1S/C29H34N10O4/c1-29(2,3)43-28(40)38-16-14-37(15-17-38)21-6-4-20(5-7-21)25-23(26-31-11-12-32-26)19-35-27(36-25)33-13-10-30-24-9-8-22(18-34-24)39(41)42/h4-9,11-12,18-19H,10,13-17H2,1-3H3,(H,30,34)(H,31,32)(H,33,35,36). The van der Waals surface area contributed by atoms with Crippen molar-refractivity contribution in [1.82, 2.24) is 29.8 Å². The van der Waals surface area contributed by atoms with E-state index in [0.717, 1.165) is 22.5 Å². The summed E-state index contributed by atoms with van der Waals surface area (Å²) in [6.07, 6.45) is 6.11. The van der Waals surface area contributed by atoms with Crippen molar-refractivity contribution in [2.24, 2.45) is 0 Å². The minimum atomic E-state index is -0.515. The van der Waals surface area contributed by atoms with Crippen molar-refractivity contribution < 1.29 is 14.5 Å². The summed E-state index contributed by atoms with van der Waals surface area (Å²) in [5.74, 6) is 1.65. The number of hydrogen-bond acceptors (Lipinski definition) is 11. The Morgan fingerprint density at radius 2 is 1.74 bits per heavy atom. The lowest BCUT2D eigenvalue weighted by Gasteiger charge is -2.36. The van der Waals surface area contributed by atoms with Crippen molar-refractivity contribution >= 4 is 29.2 Å². The summed E-state index contributed by atoms with van der Waals surface area (Å²) in [7, 11) is 0. The van der Waals surface area contributed by atoms with Gasteiger partial charge in [-0.2, -0.15) is 0 Å². The van der Waals surface area contributed by atoms with Crippen LogP contribution in [0.1, 0.15) is 20.8 Å². The Labute approximate surface area is 248 Å². The number of nitrogens with one attached hydrogen (secondary N) is 3. The molecule has 0 radical (unpaired) electrons. The molecule has 3 N–H and O–H groups in total. The molecule has 3 aromatic heterocycles. The van der Waals surface area contributed by atoms with E-state index in [1.165, 1.54) is 12.3 Å². The zero-order chi connectivity index (χ0) is 30.4. The maximum absolute atomic E-state index is 12.4. The number of nitro groups is 1. The molecule has 0 unspecified atom stereocenters. The number of aromatic nitrogens is 5. The van der Waals surface area contributed by atoms with E-state index in [2.05, 4.69) is 47.6 Å². The predicted molar refractivity (Wildman–Crippen MR) is 163 cm³/mol. The first-order valence-corrected chi connectivity index (χ1v) is 13.9. The van der Waals surface area contributed by atoms with Crippen LogP contribution in [0.4, 0.5) is 27.9 Å². The smallest absolute Gasteiger partial charge is 0.410 e. The van der Waals surface area contributed by atoms with Gasteiger partial charge < -0.3 is 30.2 Å². The SMILES string of the molecule is CC(C)(C)OC(=O)N1CCN(c2ccc(-c3nc(NCCNc4ccc([N+](=O)[O-])cn4)ncc3-c3ncc[nH]3)cc2)CC1. The lowest BCUT2D eigenvalue weighted by atomic mass is 10.1. The molecule has 4 aromatic rings. The second kappa shape index (κ2) is 12.7. The van der Waals surface area contributed by atoms with Crippen LogP contribution in [0.15, 0.2) is 61.2 Å². The first-order valence-electron chi connectivity index (χ1n) is 13.9. The van der Waals surface area contributed by atoms with Gasteiger partial charge in [0.05, 0.1) is 16.2 Å². The Hall–Kier alpha value is -5.27. The molecule has 14 heteroatoms. The Balaban J connectivity index is 1.24. The highest BCUT2D eigenvalue weighted by molar-refractivity contribution is 5.78. The van der Waals surface area contributed by atoms with E-state index in [1.54, 1.807) is 29.6 Å². The second-order valence-electron chi connectivity index (χ2n) is 10.9. The van der Waals surface area contributed by atoms with Crippen molar-refractivity contribution in [2.45, 2.75) is 26.4 Å². The van der Waals surface area contributed by atoms with E-state index >= 15 is 0 Å². The first kappa shape index (κ1) is 29.2. The molecule has 1 fully saturated rings. The molecule has 0 aliphatic carbocycles. The van der Waals surface area contributed by atoms with Crippen LogP contribution < -0.4 is 15.5 Å². The average Bonchev–Trinajstić information content (AvgIpc) is 3.54. The number of hydrogen-bond donors (Lipinski definition) is 3. The summed E-state index contributed by atoms with van der Waals surface area (Å²) in [6, 6.07) is 11.1. The molecular weight excluding hydrogens is 552 g/mol. The molecule has 0 atom stereocenters. The molecule has 1 aromatic carbocycles. The van der Waals surface area contributed by atoms with Crippen LogP contribution >= 0.6 is 0 Å². The maximum atomic E-state index is 12.4. The molecule has 14 nitrogen and oxygen atoms in total. The van der Waals surface area contributed by atoms with E-state index in [0.29, 0.717) is 56.9 Å². The van der Waals surface area contributed by atoms with Crippen LogP contribution in [0, 0.1) is 10.1 Å². The van der Waals surface area contributed by atoms with E-state index in [4.69, 9.17) is 9.72 Å². The second-order valence-corrected chi connectivity index (χ2v) is 10.9. The summed E-state index contributed by atoms with van der Waals surface area (Å²) in [6.45, 7) is 9.21. The fraction of sp³-hybridized carbons (Fsp3) is 0.345. The Kier molecular flexibility index (Phi) is 8.64. The maximum Gasteiger partial charge on any atom is 0.410 e. The van der Waals surface area contributed by atoms with E-state index in [1.807, 2.05) is 32.9 Å². The average molecular weight is 587 g/mol. The number of nitrogens with zero attached hydrogens (tertiary/aromatic N) is 7. The van der Waals surface area contributed by atoms with Crippen LogP contribution in [0.5, 0.6) is 0 Å². The topological polar surface area (TPSA) is 167 Å². The number of anilines is 3. The highest BCUT2D eigenvalue weighted by Gasteiger charge is 2.26. The van der Waals surface area contributed by atoms with Crippen molar-refractivity contribution in [1.29, 1.82) is 0 Å². The predicted octanol–water partition coefficient (Wildman–Crippen LogP) is 4.42. The largest absolute Gasteiger partial charge is 0.444 e. The molecule has 43 heavy (non-hydrogen) atoms. The van der Waals surface area contributed by atoms with Crippen LogP contribution in [-0.2, 0) is 4.74 Å². The molecule has 4 heterocycles. The number of carbonyl (C=O) groups excluding carboxylic acids is 1. The number of carbonyl (C=O) groups is 1. The molecule has 0 spiro atoms. The molecule has 1 saturated heterocycles. The van der Waals surface area contributed by atoms with Gasteiger partial charge in [0.15, 0.2) is 0 Å². The number of piperazine rings is 1. The van der Waals surface area contributed by atoms with Gasteiger partial charge in [-0.1, -0.05) is 12.1 Å². The summed E-state index contributed by atoms with van der Waals surface area (Å²) in [5.41, 5.74) is 2.88. The Bertz CT molecular complexity index is 1530. The van der Waals surface area contributed by atoms with Gasteiger partial charge in [0, 0.05) is 75.2 Å². The summed E-state index contributed by atoms with van der Waals surface area (Å²) >= 11 is 0. The third-order valence-electron chi connectivity index (χ3n) is 6.65. The van der Waals surface area contributed by atoms with Gasteiger partial charge in [0.1, 0.15) is 23.4 Å². The van der Waals surface area contributed by atoms with E-state index in [-0.39, 0.29) is 11.8 Å². The van der Waals surface area contributed by atoms with Gasteiger partial charge in [0.25, 0.3) is 5.69 Å². The lowest BCUT2D eigenvalue weighted by molar-refractivity contribution is -0.385. The Morgan fingerprint density at radius 1 is 1.00 bits per heavy atom. The molecular formula is C29H34N10O4. The lowest BCUT2D eigenvalue weighted by Crippen LogP contribution is -2.50. The summed E-state index contributed by atoms with van der Waals surface area (Å²) in [5, 5.41) is 17.1. The number of imidazole rings is 1. The van der Waals surface area contributed by atoms with Crippen LogP contribution in [0.2, 0.25) is 0 Å². The van der Waals surface area contributed by atoms with Crippen molar-refractivity contribution in [3.8, 4) is 22.6 Å². The molecule has 0 saturated carbocycles. The van der Waals surface area contributed by atoms with Gasteiger partial charge in [0.2, 0.25) is 5.95 Å². The highest BCUT2D eigenvalue weighted by atomic mass is 16.6. The van der Waals surface area contributed by atoms with Crippen molar-refractivity contribution in [3.63, 3.8) is 0 Å². The van der Waals surface area contributed by atoms with Gasteiger partial charge in [-0.25, -0.2) is 24.7 Å². The van der Waals surface area contributed by atoms with Gasteiger partial charge >= 0.3 is 6.09 Å². The third kappa shape index (κ3) is 7.52. The van der Waals surface area contributed by atoms with E-state index in [9.17, 15) is 14.9 Å². The molecule has 224 valence electrons. The third-order valence-corrected chi connectivity index (χ3v) is 6.65. The van der Waals surface area contributed by atoms with Crippen LogP contribution in [0.3, 0.4) is 0 Å². The van der Waals surface area contributed by atoms with Gasteiger partial charge in [-0.3, -0.25) is 10.1 Å². The molecule has 1 aliphatic heterocycles. The zero-order valence-corrected chi connectivity index (χ0v) is 24.3. The number of rotatable bonds is 9. The quantitative estimate of drug-likeness (QED) is 0.144. The zero-order valence-electron chi connectivity index (χ0n) is 24.3. The number of amides is 1. The molecule has 1 amide bonds. The molecule has 5 rings (SSSR count). The Morgan fingerprint density at radius 3 is 2.37 bits per heavy atom. The van der Waals surface area contributed by atoms with Crippen molar-refractivity contribution in [3.05, 3.63) is 71.3 Å². The summed E-state index contributed by atoms with van der Waals surface area (Å²) in [4.78, 5) is 47.6.